The van der Waals surface area contributed by atoms with Gasteiger partial charge in [0.2, 0.25) is 0 Å². The molecule has 2 aromatic rings. The molecular weight excluding hydrogens is 420 g/mol. The van der Waals surface area contributed by atoms with E-state index in [1.54, 1.807) is 12.1 Å². The Morgan fingerprint density at radius 3 is 2.74 bits per heavy atom. The quantitative estimate of drug-likeness (QED) is 0.695. The zero-order chi connectivity index (χ0) is 14.0. The first-order valence-corrected chi connectivity index (χ1v) is 7.80. The number of nitrogens with two attached hydrogens (primary N) is 1. The molecule has 1 nitrogen and oxygen atoms in total. The van der Waals surface area contributed by atoms with Gasteiger partial charge >= 0.3 is 0 Å². The Morgan fingerprint density at radius 2 is 2.05 bits per heavy atom. The Bertz CT molecular complexity index is 601. The lowest BCUT2D eigenvalue weighted by Crippen LogP contribution is -2.15. The van der Waals surface area contributed by atoms with E-state index in [-0.39, 0.29) is 11.9 Å². The Labute approximate surface area is 134 Å². The van der Waals surface area contributed by atoms with Gasteiger partial charge in [-0.25, -0.2) is 4.39 Å². The summed E-state index contributed by atoms with van der Waals surface area (Å²) >= 11 is 5.53. The highest BCUT2D eigenvalue weighted by Gasteiger charge is 2.12. The van der Waals surface area contributed by atoms with Crippen molar-refractivity contribution in [1.29, 1.82) is 0 Å². The number of rotatable bonds is 3. The highest BCUT2D eigenvalue weighted by Crippen LogP contribution is 2.25. The molecular formula is C15H14BrFIN. The Hall–Kier alpha value is -0.460. The fourth-order valence-corrected chi connectivity index (χ4v) is 3.17. The van der Waals surface area contributed by atoms with E-state index in [4.69, 9.17) is 5.73 Å². The lowest BCUT2D eigenvalue weighted by atomic mass is 9.98. The first kappa shape index (κ1) is 14.9. The molecule has 0 fully saturated rings. The number of aryl methyl sites for hydroxylation is 1. The molecule has 0 bridgehead atoms. The Balaban J connectivity index is 2.23. The van der Waals surface area contributed by atoms with Gasteiger partial charge in [0.05, 0.1) is 4.47 Å². The standard InChI is InChI=1S/C15H14BrFIN/c1-9-3-2-4-11(15(9)18)14(19)8-10-5-6-13(17)12(16)7-10/h2-7,14H,8,19H2,1H3. The van der Waals surface area contributed by atoms with Gasteiger partial charge in [-0.05, 0) is 80.7 Å². The molecule has 4 heteroatoms. The SMILES string of the molecule is Cc1cccc(C(N)Cc2ccc(F)c(Br)c2)c1I. The molecule has 2 rings (SSSR count). The van der Waals surface area contributed by atoms with Crippen LogP contribution in [0.25, 0.3) is 0 Å². The van der Waals surface area contributed by atoms with Crippen LogP contribution >= 0.6 is 38.5 Å². The van der Waals surface area contributed by atoms with E-state index in [1.165, 1.54) is 15.2 Å². The van der Waals surface area contributed by atoms with Gasteiger partial charge in [-0.3, -0.25) is 0 Å². The van der Waals surface area contributed by atoms with Crippen molar-refractivity contribution in [2.75, 3.05) is 0 Å². The largest absolute Gasteiger partial charge is 0.324 e. The van der Waals surface area contributed by atoms with Gasteiger partial charge in [0, 0.05) is 9.61 Å². The lowest BCUT2D eigenvalue weighted by molar-refractivity contribution is 0.618. The maximum atomic E-state index is 13.2. The summed E-state index contributed by atoms with van der Waals surface area (Å²) in [6.45, 7) is 2.08. The first-order valence-electron chi connectivity index (χ1n) is 5.93. The smallest absolute Gasteiger partial charge is 0.137 e. The predicted molar refractivity (Wildman–Crippen MR) is 88.6 cm³/mol. The molecule has 0 aliphatic rings. The summed E-state index contributed by atoms with van der Waals surface area (Å²) in [6, 6.07) is 11.1. The molecule has 1 atom stereocenters. The molecule has 100 valence electrons. The summed E-state index contributed by atoms with van der Waals surface area (Å²) < 4.78 is 14.9. The van der Waals surface area contributed by atoms with E-state index in [1.807, 2.05) is 6.07 Å². The topological polar surface area (TPSA) is 26.0 Å². The van der Waals surface area contributed by atoms with Crippen molar-refractivity contribution < 1.29 is 4.39 Å². The summed E-state index contributed by atoms with van der Waals surface area (Å²) in [4.78, 5) is 0. The predicted octanol–water partition coefficient (Wildman–Crippen LogP) is 4.74. The fraction of sp³-hybridized carbons (Fsp3) is 0.200. The van der Waals surface area contributed by atoms with Crippen molar-refractivity contribution >= 4 is 38.5 Å². The minimum Gasteiger partial charge on any atom is -0.324 e. The molecule has 0 spiro atoms. The van der Waals surface area contributed by atoms with E-state index in [0.717, 1.165) is 11.1 Å². The average Bonchev–Trinajstić information content (AvgIpc) is 2.37. The molecule has 0 saturated heterocycles. The maximum Gasteiger partial charge on any atom is 0.137 e. The van der Waals surface area contributed by atoms with Gasteiger partial charge in [-0.2, -0.15) is 0 Å². The van der Waals surface area contributed by atoms with Crippen molar-refractivity contribution in [3.05, 3.63) is 66.9 Å². The van der Waals surface area contributed by atoms with Crippen LogP contribution < -0.4 is 5.73 Å². The highest BCUT2D eigenvalue weighted by atomic mass is 127. The summed E-state index contributed by atoms with van der Waals surface area (Å²) in [5.74, 6) is -0.248. The monoisotopic (exact) mass is 433 g/mol. The highest BCUT2D eigenvalue weighted by molar-refractivity contribution is 14.1. The van der Waals surface area contributed by atoms with Crippen LogP contribution in [0.1, 0.15) is 22.7 Å². The minimum absolute atomic E-state index is 0.0795. The Kier molecular flexibility index (Phi) is 4.97. The third-order valence-electron chi connectivity index (χ3n) is 3.06. The van der Waals surface area contributed by atoms with Crippen molar-refractivity contribution in [2.45, 2.75) is 19.4 Å². The second kappa shape index (κ2) is 6.33. The summed E-state index contributed by atoms with van der Waals surface area (Å²) in [5, 5.41) is 0. The maximum absolute atomic E-state index is 13.2. The second-order valence-corrected chi connectivity index (χ2v) is 6.47. The van der Waals surface area contributed by atoms with E-state index in [2.05, 4.69) is 57.6 Å². The van der Waals surface area contributed by atoms with Crippen molar-refractivity contribution in [1.82, 2.24) is 0 Å². The van der Waals surface area contributed by atoms with E-state index >= 15 is 0 Å². The summed E-state index contributed by atoms with van der Waals surface area (Å²) in [6.07, 6.45) is 0.693. The van der Waals surface area contributed by atoms with Crippen LogP contribution in [0.4, 0.5) is 4.39 Å². The first-order chi connectivity index (χ1) is 8.99. The minimum atomic E-state index is -0.248. The number of hydrogen-bond donors (Lipinski definition) is 1. The van der Waals surface area contributed by atoms with Crippen LogP contribution in [-0.2, 0) is 6.42 Å². The molecule has 0 aliphatic heterocycles. The molecule has 0 heterocycles. The number of hydrogen-bond acceptors (Lipinski definition) is 1. The van der Waals surface area contributed by atoms with Crippen molar-refractivity contribution in [3.63, 3.8) is 0 Å². The van der Waals surface area contributed by atoms with E-state index in [9.17, 15) is 4.39 Å². The van der Waals surface area contributed by atoms with Gasteiger partial charge in [-0.1, -0.05) is 24.3 Å². The van der Waals surface area contributed by atoms with Gasteiger partial charge in [0.25, 0.3) is 0 Å². The fourth-order valence-electron chi connectivity index (χ4n) is 1.99. The van der Waals surface area contributed by atoms with Gasteiger partial charge in [0.1, 0.15) is 5.82 Å². The molecule has 0 aromatic heterocycles. The molecule has 2 N–H and O–H groups in total. The lowest BCUT2D eigenvalue weighted by Gasteiger charge is -2.15. The van der Waals surface area contributed by atoms with Crippen LogP contribution in [0.3, 0.4) is 0 Å². The number of benzene rings is 2. The third-order valence-corrected chi connectivity index (χ3v) is 5.14. The number of halogens is 3. The molecule has 0 saturated carbocycles. The molecule has 2 aromatic carbocycles. The van der Waals surface area contributed by atoms with Crippen molar-refractivity contribution in [2.24, 2.45) is 5.73 Å². The zero-order valence-corrected chi connectivity index (χ0v) is 14.2. The second-order valence-electron chi connectivity index (χ2n) is 4.54. The summed E-state index contributed by atoms with van der Waals surface area (Å²) in [7, 11) is 0. The molecule has 0 amide bonds. The van der Waals surface area contributed by atoms with Gasteiger partial charge < -0.3 is 5.73 Å². The van der Waals surface area contributed by atoms with Crippen molar-refractivity contribution in [3.8, 4) is 0 Å². The van der Waals surface area contributed by atoms with Crippen LogP contribution in [0, 0.1) is 16.3 Å². The normalized spacial score (nSPS) is 12.5. The molecule has 1 unspecified atom stereocenters. The van der Waals surface area contributed by atoms with E-state index < -0.39 is 0 Å². The molecule has 0 radical (unpaired) electrons. The van der Waals surface area contributed by atoms with E-state index in [0.29, 0.717) is 10.9 Å². The summed E-state index contributed by atoms with van der Waals surface area (Å²) in [5.41, 5.74) is 9.67. The molecule has 19 heavy (non-hydrogen) atoms. The average molecular weight is 434 g/mol. The Morgan fingerprint density at radius 1 is 1.32 bits per heavy atom. The van der Waals surface area contributed by atoms with Crippen LogP contribution in [0.15, 0.2) is 40.9 Å². The van der Waals surface area contributed by atoms with Crippen LogP contribution in [-0.4, -0.2) is 0 Å². The zero-order valence-electron chi connectivity index (χ0n) is 10.5. The van der Waals surface area contributed by atoms with Gasteiger partial charge in [-0.15, -0.1) is 0 Å². The molecule has 0 aliphatic carbocycles. The van der Waals surface area contributed by atoms with Crippen LogP contribution in [0.2, 0.25) is 0 Å². The van der Waals surface area contributed by atoms with Gasteiger partial charge in [0.15, 0.2) is 0 Å². The van der Waals surface area contributed by atoms with Crippen LogP contribution in [0.5, 0.6) is 0 Å². The third kappa shape index (κ3) is 3.55.